The minimum Gasteiger partial charge on any atom is -0.321 e. The van der Waals surface area contributed by atoms with E-state index in [2.05, 4.69) is 29.2 Å². The fourth-order valence-electron chi connectivity index (χ4n) is 2.47. The number of hydrogen-bond donors (Lipinski definition) is 1. The number of carbonyl (C=O) groups excluding carboxylic acids is 1. The lowest BCUT2D eigenvalue weighted by Gasteiger charge is -2.08. The Balaban J connectivity index is 1.86. The van der Waals surface area contributed by atoms with Gasteiger partial charge < -0.3 is 5.32 Å². The number of rotatable bonds is 3. The number of fused-ring (bicyclic) bond motifs is 1. The van der Waals surface area contributed by atoms with E-state index >= 15 is 0 Å². The highest BCUT2D eigenvalue weighted by Crippen LogP contribution is 2.20. The second-order valence-corrected chi connectivity index (χ2v) is 6.07. The zero-order valence-corrected chi connectivity index (χ0v) is 13.8. The monoisotopic (exact) mass is 308 g/mol. The average Bonchev–Trinajstić information content (AvgIpc) is 2.93. The number of carbonyl (C=O) groups is 1. The molecule has 5 nitrogen and oxygen atoms in total. The van der Waals surface area contributed by atoms with Gasteiger partial charge >= 0.3 is 0 Å². The van der Waals surface area contributed by atoms with Gasteiger partial charge in [-0.2, -0.15) is 5.10 Å². The lowest BCUT2D eigenvalue weighted by Crippen LogP contribution is -2.12. The van der Waals surface area contributed by atoms with Crippen molar-refractivity contribution in [3.05, 3.63) is 53.3 Å². The van der Waals surface area contributed by atoms with Crippen LogP contribution in [0.15, 0.2) is 36.7 Å². The van der Waals surface area contributed by atoms with Crippen LogP contribution in [0.2, 0.25) is 0 Å². The van der Waals surface area contributed by atoms with Crippen molar-refractivity contribution < 1.29 is 4.79 Å². The van der Waals surface area contributed by atoms with Gasteiger partial charge in [0.15, 0.2) is 5.65 Å². The van der Waals surface area contributed by atoms with Crippen LogP contribution in [0.5, 0.6) is 0 Å². The van der Waals surface area contributed by atoms with Crippen LogP contribution < -0.4 is 5.32 Å². The van der Waals surface area contributed by atoms with Gasteiger partial charge in [0.1, 0.15) is 0 Å². The fourth-order valence-corrected chi connectivity index (χ4v) is 2.47. The highest BCUT2D eigenvalue weighted by Gasteiger charge is 2.11. The van der Waals surface area contributed by atoms with Crippen molar-refractivity contribution >= 4 is 22.6 Å². The van der Waals surface area contributed by atoms with Crippen LogP contribution in [0.1, 0.15) is 41.4 Å². The maximum atomic E-state index is 12.4. The molecule has 118 valence electrons. The molecule has 0 aliphatic carbocycles. The summed E-state index contributed by atoms with van der Waals surface area (Å²) in [6.45, 7) is 8.15. The van der Waals surface area contributed by atoms with Crippen LogP contribution in [-0.4, -0.2) is 20.7 Å². The molecule has 2 heterocycles. The molecule has 0 aliphatic rings. The predicted molar refractivity (Wildman–Crippen MR) is 91.8 cm³/mol. The number of amides is 1. The van der Waals surface area contributed by atoms with Crippen molar-refractivity contribution in [1.82, 2.24) is 14.8 Å². The first kappa shape index (κ1) is 15.2. The largest absolute Gasteiger partial charge is 0.321 e. The zero-order valence-electron chi connectivity index (χ0n) is 13.8. The molecule has 2 aromatic heterocycles. The molecule has 0 spiro atoms. The molecular formula is C18H20N4O. The standard InChI is InChI=1S/C18H20N4O/c1-11(2)22-17-15(9-20-22)8-16(10-19-17)21-18(23)14-6-5-12(3)13(4)7-14/h5-11H,1-4H3,(H,21,23). The second kappa shape index (κ2) is 5.83. The van der Waals surface area contributed by atoms with E-state index in [1.54, 1.807) is 12.4 Å². The predicted octanol–water partition coefficient (Wildman–Crippen LogP) is 3.88. The molecular weight excluding hydrogens is 288 g/mol. The van der Waals surface area contributed by atoms with E-state index in [1.165, 1.54) is 5.56 Å². The first-order valence-corrected chi connectivity index (χ1v) is 7.67. The Morgan fingerprint density at radius 2 is 1.91 bits per heavy atom. The van der Waals surface area contributed by atoms with E-state index in [0.717, 1.165) is 16.6 Å². The van der Waals surface area contributed by atoms with Crippen molar-refractivity contribution in [2.75, 3.05) is 5.32 Å². The minimum atomic E-state index is -0.134. The van der Waals surface area contributed by atoms with Gasteiger partial charge in [-0.3, -0.25) is 4.79 Å². The number of hydrogen-bond acceptors (Lipinski definition) is 3. The smallest absolute Gasteiger partial charge is 0.255 e. The van der Waals surface area contributed by atoms with E-state index in [0.29, 0.717) is 11.3 Å². The summed E-state index contributed by atoms with van der Waals surface area (Å²) in [6, 6.07) is 7.83. The molecule has 1 N–H and O–H groups in total. The molecule has 1 aromatic carbocycles. The third-order valence-corrected chi connectivity index (χ3v) is 3.95. The van der Waals surface area contributed by atoms with Gasteiger partial charge in [0.2, 0.25) is 0 Å². The molecule has 0 fully saturated rings. The van der Waals surface area contributed by atoms with Crippen molar-refractivity contribution in [3.8, 4) is 0 Å². The van der Waals surface area contributed by atoms with Crippen molar-refractivity contribution in [3.63, 3.8) is 0 Å². The van der Waals surface area contributed by atoms with Crippen LogP contribution in [0, 0.1) is 13.8 Å². The van der Waals surface area contributed by atoms with Crippen LogP contribution in [0.25, 0.3) is 11.0 Å². The van der Waals surface area contributed by atoms with Crippen LogP contribution in [-0.2, 0) is 0 Å². The van der Waals surface area contributed by atoms with Crippen LogP contribution in [0.3, 0.4) is 0 Å². The summed E-state index contributed by atoms with van der Waals surface area (Å²) >= 11 is 0. The lowest BCUT2D eigenvalue weighted by atomic mass is 10.1. The molecule has 0 unspecified atom stereocenters. The molecule has 0 radical (unpaired) electrons. The molecule has 3 rings (SSSR count). The minimum absolute atomic E-state index is 0.134. The normalized spacial score (nSPS) is 11.2. The Bertz CT molecular complexity index is 880. The Morgan fingerprint density at radius 3 is 2.61 bits per heavy atom. The summed E-state index contributed by atoms with van der Waals surface area (Å²) in [7, 11) is 0. The van der Waals surface area contributed by atoms with Gasteiger partial charge in [0, 0.05) is 17.0 Å². The molecule has 0 atom stereocenters. The Hall–Kier alpha value is -2.69. The summed E-state index contributed by atoms with van der Waals surface area (Å²) in [6.07, 6.45) is 3.44. The summed E-state index contributed by atoms with van der Waals surface area (Å²) in [5.74, 6) is -0.134. The Kier molecular flexibility index (Phi) is 3.86. The van der Waals surface area contributed by atoms with E-state index in [1.807, 2.05) is 42.8 Å². The van der Waals surface area contributed by atoms with Crippen molar-refractivity contribution in [1.29, 1.82) is 0 Å². The average molecular weight is 308 g/mol. The maximum Gasteiger partial charge on any atom is 0.255 e. The fraction of sp³-hybridized carbons (Fsp3) is 0.278. The molecule has 5 heteroatoms. The third-order valence-electron chi connectivity index (χ3n) is 3.95. The Morgan fingerprint density at radius 1 is 1.13 bits per heavy atom. The number of aromatic nitrogens is 3. The molecule has 0 saturated carbocycles. The quantitative estimate of drug-likeness (QED) is 0.798. The van der Waals surface area contributed by atoms with Gasteiger partial charge in [-0.25, -0.2) is 9.67 Å². The number of pyridine rings is 1. The summed E-state index contributed by atoms with van der Waals surface area (Å²) < 4.78 is 1.87. The summed E-state index contributed by atoms with van der Waals surface area (Å²) in [5, 5.41) is 8.15. The summed E-state index contributed by atoms with van der Waals surface area (Å²) in [4.78, 5) is 16.8. The summed E-state index contributed by atoms with van der Waals surface area (Å²) in [5.41, 5.74) is 4.41. The topological polar surface area (TPSA) is 59.8 Å². The zero-order chi connectivity index (χ0) is 16.6. The van der Waals surface area contributed by atoms with Crippen molar-refractivity contribution in [2.24, 2.45) is 0 Å². The highest BCUT2D eigenvalue weighted by atomic mass is 16.1. The molecule has 0 bridgehead atoms. The van der Waals surface area contributed by atoms with Gasteiger partial charge in [0.05, 0.1) is 18.1 Å². The van der Waals surface area contributed by atoms with Gasteiger partial charge in [-0.1, -0.05) is 6.07 Å². The lowest BCUT2D eigenvalue weighted by molar-refractivity contribution is 0.102. The maximum absolute atomic E-state index is 12.4. The van der Waals surface area contributed by atoms with Crippen LogP contribution in [0.4, 0.5) is 5.69 Å². The first-order chi connectivity index (χ1) is 11.0. The molecule has 3 aromatic rings. The van der Waals surface area contributed by atoms with Gasteiger partial charge in [0.25, 0.3) is 5.91 Å². The Labute approximate surface area is 135 Å². The number of nitrogens with zero attached hydrogens (tertiary/aromatic N) is 3. The molecule has 0 aliphatic heterocycles. The SMILES string of the molecule is Cc1ccc(C(=O)Nc2cnc3c(cnn3C(C)C)c2)cc1C. The number of nitrogens with one attached hydrogen (secondary N) is 1. The van der Waals surface area contributed by atoms with Crippen LogP contribution >= 0.6 is 0 Å². The van der Waals surface area contributed by atoms with E-state index in [4.69, 9.17) is 0 Å². The number of aryl methyl sites for hydroxylation is 2. The van der Waals surface area contributed by atoms with E-state index < -0.39 is 0 Å². The molecule has 23 heavy (non-hydrogen) atoms. The van der Waals surface area contributed by atoms with E-state index in [-0.39, 0.29) is 11.9 Å². The number of anilines is 1. The number of benzene rings is 1. The van der Waals surface area contributed by atoms with Gasteiger partial charge in [-0.05, 0) is 57.0 Å². The van der Waals surface area contributed by atoms with Crippen molar-refractivity contribution in [2.45, 2.75) is 33.7 Å². The highest BCUT2D eigenvalue weighted by molar-refractivity contribution is 6.05. The third kappa shape index (κ3) is 2.95. The first-order valence-electron chi connectivity index (χ1n) is 7.67. The molecule has 1 amide bonds. The molecule has 0 saturated heterocycles. The van der Waals surface area contributed by atoms with E-state index in [9.17, 15) is 4.79 Å². The second-order valence-electron chi connectivity index (χ2n) is 6.07. The van der Waals surface area contributed by atoms with Gasteiger partial charge in [-0.15, -0.1) is 0 Å².